The summed E-state index contributed by atoms with van der Waals surface area (Å²) in [6.45, 7) is 3.82. The quantitative estimate of drug-likeness (QED) is 0.621. The van der Waals surface area contributed by atoms with Crippen LogP contribution in [0.15, 0.2) is 48.5 Å². The molecule has 0 saturated heterocycles. The third-order valence-electron chi connectivity index (χ3n) is 2.74. The summed E-state index contributed by atoms with van der Waals surface area (Å²) in [5.41, 5.74) is 0.405. The molecule has 2 rings (SSSR count). The second-order valence-corrected chi connectivity index (χ2v) is 4.73. The standard InChI is InChI=1S/C17H18O4/c1-12(2)20-16-7-5-4-6-15(16)17(18)21-14-10-8-13(19-3)9-11-14/h4-12H,1-3H3. The fourth-order valence-electron chi connectivity index (χ4n) is 1.80. The number of hydrogen-bond donors (Lipinski definition) is 0. The van der Waals surface area contributed by atoms with E-state index in [1.807, 2.05) is 19.9 Å². The molecule has 2 aromatic rings. The fourth-order valence-corrected chi connectivity index (χ4v) is 1.80. The summed E-state index contributed by atoms with van der Waals surface area (Å²) in [4.78, 5) is 12.2. The highest BCUT2D eigenvalue weighted by atomic mass is 16.5. The van der Waals surface area contributed by atoms with E-state index < -0.39 is 5.97 Å². The summed E-state index contributed by atoms with van der Waals surface area (Å²) in [5.74, 6) is 1.24. The number of benzene rings is 2. The molecule has 21 heavy (non-hydrogen) atoms. The van der Waals surface area contributed by atoms with Gasteiger partial charge in [0, 0.05) is 0 Å². The van der Waals surface area contributed by atoms with Gasteiger partial charge < -0.3 is 14.2 Å². The molecule has 0 unspecified atom stereocenters. The molecule has 0 aliphatic rings. The summed E-state index contributed by atoms with van der Waals surface area (Å²) in [6, 6.07) is 13.9. The molecule has 0 atom stereocenters. The smallest absolute Gasteiger partial charge is 0.347 e. The fraction of sp³-hybridized carbons (Fsp3) is 0.235. The Hall–Kier alpha value is -2.49. The van der Waals surface area contributed by atoms with Crippen LogP contribution >= 0.6 is 0 Å². The van der Waals surface area contributed by atoms with Crippen molar-refractivity contribution in [3.05, 3.63) is 54.1 Å². The average molecular weight is 286 g/mol. The van der Waals surface area contributed by atoms with Crippen molar-refractivity contribution in [3.63, 3.8) is 0 Å². The molecule has 0 fully saturated rings. The van der Waals surface area contributed by atoms with Gasteiger partial charge in [0.2, 0.25) is 0 Å². The van der Waals surface area contributed by atoms with Gasteiger partial charge >= 0.3 is 5.97 Å². The van der Waals surface area contributed by atoms with Crippen LogP contribution in [-0.4, -0.2) is 19.2 Å². The first kappa shape index (κ1) is 14.9. The number of ether oxygens (including phenoxy) is 3. The number of rotatable bonds is 5. The second-order valence-electron chi connectivity index (χ2n) is 4.73. The van der Waals surface area contributed by atoms with Gasteiger partial charge in [0.05, 0.1) is 13.2 Å². The Labute approximate surface area is 124 Å². The van der Waals surface area contributed by atoms with E-state index in [9.17, 15) is 4.79 Å². The van der Waals surface area contributed by atoms with Crippen LogP contribution in [-0.2, 0) is 0 Å². The molecule has 0 radical (unpaired) electrons. The van der Waals surface area contributed by atoms with Crippen molar-refractivity contribution < 1.29 is 19.0 Å². The van der Waals surface area contributed by atoms with Crippen molar-refractivity contribution in [1.82, 2.24) is 0 Å². The molecule has 0 aliphatic carbocycles. The number of carbonyl (C=O) groups excluding carboxylic acids is 1. The SMILES string of the molecule is COc1ccc(OC(=O)c2ccccc2OC(C)C)cc1. The van der Waals surface area contributed by atoms with Gasteiger partial charge in [-0.25, -0.2) is 4.79 Å². The van der Waals surface area contributed by atoms with Gasteiger partial charge in [-0.3, -0.25) is 0 Å². The molecule has 0 heterocycles. The average Bonchev–Trinajstić information content (AvgIpc) is 2.48. The van der Waals surface area contributed by atoms with Crippen LogP contribution in [0.3, 0.4) is 0 Å². The lowest BCUT2D eigenvalue weighted by atomic mass is 10.2. The maximum absolute atomic E-state index is 12.2. The van der Waals surface area contributed by atoms with Gasteiger partial charge in [0.1, 0.15) is 22.8 Å². The van der Waals surface area contributed by atoms with E-state index in [1.54, 1.807) is 49.6 Å². The van der Waals surface area contributed by atoms with Crippen molar-refractivity contribution in [2.45, 2.75) is 20.0 Å². The van der Waals surface area contributed by atoms with Crippen molar-refractivity contribution in [2.75, 3.05) is 7.11 Å². The van der Waals surface area contributed by atoms with Crippen LogP contribution < -0.4 is 14.2 Å². The van der Waals surface area contributed by atoms with Gasteiger partial charge in [0.25, 0.3) is 0 Å². The van der Waals surface area contributed by atoms with E-state index >= 15 is 0 Å². The normalized spacial score (nSPS) is 10.3. The molecule has 0 aliphatic heterocycles. The van der Waals surface area contributed by atoms with Crippen molar-refractivity contribution in [2.24, 2.45) is 0 Å². The molecule has 0 spiro atoms. The molecule has 4 nitrogen and oxygen atoms in total. The number of para-hydroxylation sites is 1. The summed E-state index contributed by atoms with van der Waals surface area (Å²) in [6.07, 6.45) is -0.0139. The van der Waals surface area contributed by atoms with Crippen LogP contribution in [0.4, 0.5) is 0 Å². The van der Waals surface area contributed by atoms with E-state index in [0.29, 0.717) is 22.8 Å². The van der Waals surface area contributed by atoms with Gasteiger partial charge in [-0.05, 0) is 50.2 Å². The number of methoxy groups -OCH3 is 1. The molecule has 2 aromatic carbocycles. The largest absolute Gasteiger partial charge is 0.497 e. The Bertz CT molecular complexity index is 602. The van der Waals surface area contributed by atoms with Crippen LogP contribution in [0, 0.1) is 0 Å². The van der Waals surface area contributed by atoms with E-state index in [-0.39, 0.29) is 6.10 Å². The highest BCUT2D eigenvalue weighted by Crippen LogP contribution is 2.23. The van der Waals surface area contributed by atoms with Crippen molar-refractivity contribution in [1.29, 1.82) is 0 Å². The molecule has 4 heteroatoms. The third kappa shape index (κ3) is 3.99. The molecule has 0 amide bonds. The summed E-state index contributed by atoms with van der Waals surface area (Å²) < 4.78 is 16.0. The second kappa shape index (κ2) is 6.79. The van der Waals surface area contributed by atoms with E-state index in [0.717, 1.165) is 0 Å². The molecular weight excluding hydrogens is 268 g/mol. The van der Waals surface area contributed by atoms with Gasteiger partial charge in [-0.1, -0.05) is 12.1 Å². The van der Waals surface area contributed by atoms with Gasteiger partial charge in [-0.2, -0.15) is 0 Å². The van der Waals surface area contributed by atoms with Crippen molar-refractivity contribution in [3.8, 4) is 17.2 Å². The minimum Gasteiger partial charge on any atom is -0.497 e. The zero-order valence-electron chi connectivity index (χ0n) is 12.3. The zero-order chi connectivity index (χ0) is 15.2. The Morgan fingerprint density at radius 2 is 1.57 bits per heavy atom. The van der Waals surface area contributed by atoms with E-state index in [4.69, 9.17) is 14.2 Å². The minimum atomic E-state index is -0.448. The van der Waals surface area contributed by atoms with Gasteiger partial charge in [0.15, 0.2) is 0 Å². The maximum atomic E-state index is 12.2. The first-order chi connectivity index (χ1) is 10.1. The monoisotopic (exact) mass is 286 g/mol. The summed E-state index contributed by atoms with van der Waals surface area (Å²) in [7, 11) is 1.58. The lowest BCUT2D eigenvalue weighted by molar-refractivity contribution is 0.0728. The highest BCUT2D eigenvalue weighted by molar-refractivity contribution is 5.94. The molecule has 0 aromatic heterocycles. The van der Waals surface area contributed by atoms with Crippen LogP contribution in [0.5, 0.6) is 17.2 Å². The first-order valence-corrected chi connectivity index (χ1v) is 6.72. The van der Waals surface area contributed by atoms with Crippen LogP contribution in [0.25, 0.3) is 0 Å². The maximum Gasteiger partial charge on any atom is 0.347 e. The zero-order valence-corrected chi connectivity index (χ0v) is 12.3. The predicted molar refractivity (Wildman–Crippen MR) is 80.2 cm³/mol. The lowest BCUT2D eigenvalue weighted by Crippen LogP contribution is -2.13. The summed E-state index contributed by atoms with van der Waals surface area (Å²) >= 11 is 0. The number of hydrogen-bond acceptors (Lipinski definition) is 4. The van der Waals surface area contributed by atoms with E-state index in [2.05, 4.69) is 0 Å². The predicted octanol–water partition coefficient (Wildman–Crippen LogP) is 3.70. The summed E-state index contributed by atoms with van der Waals surface area (Å²) in [5, 5.41) is 0. The van der Waals surface area contributed by atoms with Crippen molar-refractivity contribution >= 4 is 5.97 Å². The number of carbonyl (C=O) groups is 1. The third-order valence-corrected chi connectivity index (χ3v) is 2.74. The lowest BCUT2D eigenvalue weighted by Gasteiger charge is -2.13. The number of esters is 1. The van der Waals surface area contributed by atoms with Crippen LogP contribution in [0.2, 0.25) is 0 Å². The minimum absolute atomic E-state index is 0.0139. The molecule has 0 bridgehead atoms. The first-order valence-electron chi connectivity index (χ1n) is 6.72. The Kier molecular flexibility index (Phi) is 4.82. The molecule has 0 saturated carbocycles. The Morgan fingerprint density at radius 1 is 0.952 bits per heavy atom. The molecular formula is C17H18O4. The van der Waals surface area contributed by atoms with E-state index in [1.165, 1.54) is 0 Å². The highest BCUT2D eigenvalue weighted by Gasteiger charge is 2.15. The Balaban J connectivity index is 2.16. The molecule has 110 valence electrons. The topological polar surface area (TPSA) is 44.8 Å². The van der Waals surface area contributed by atoms with Gasteiger partial charge in [-0.15, -0.1) is 0 Å². The van der Waals surface area contributed by atoms with Crippen LogP contribution in [0.1, 0.15) is 24.2 Å². The Morgan fingerprint density at radius 3 is 2.19 bits per heavy atom. The molecule has 0 N–H and O–H groups in total.